The molecule has 2 fully saturated rings. The van der Waals surface area contributed by atoms with Crippen LogP contribution in [0, 0.1) is 5.41 Å². The lowest BCUT2D eigenvalue weighted by Gasteiger charge is -2.21. The van der Waals surface area contributed by atoms with Gasteiger partial charge in [0.1, 0.15) is 0 Å². The maximum atomic E-state index is 13.0. The van der Waals surface area contributed by atoms with E-state index in [1.165, 1.54) is 12.8 Å². The van der Waals surface area contributed by atoms with Crippen molar-refractivity contribution < 1.29 is 8.78 Å². The van der Waals surface area contributed by atoms with Crippen LogP contribution in [0.3, 0.4) is 0 Å². The van der Waals surface area contributed by atoms with Crippen molar-refractivity contribution in [2.45, 2.75) is 50.4 Å². The number of hydrogen-bond donors (Lipinski definition) is 1. The van der Waals surface area contributed by atoms with Crippen molar-refractivity contribution in [3.8, 4) is 0 Å². The van der Waals surface area contributed by atoms with Crippen molar-refractivity contribution in [1.29, 1.82) is 0 Å². The molecule has 0 amide bonds. The van der Waals surface area contributed by atoms with Crippen LogP contribution in [0.4, 0.5) is 8.78 Å². The third-order valence-corrected chi connectivity index (χ3v) is 4.57. The van der Waals surface area contributed by atoms with Crippen LogP contribution in [0.2, 0.25) is 0 Å². The molecule has 0 radical (unpaired) electrons. The number of pyridine rings is 1. The second-order valence-electron chi connectivity index (χ2n) is 6.09. The minimum absolute atomic E-state index is 0.0113. The second kappa shape index (κ2) is 4.82. The number of rotatable bonds is 6. The first-order chi connectivity index (χ1) is 9.14. The summed E-state index contributed by atoms with van der Waals surface area (Å²) in [5.74, 6) is 0.637. The Bertz CT molecular complexity index is 436. The van der Waals surface area contributed by atoms with Crippen molar-refractivity contribution in [3.63, 3.8) is 0 Å². The highest BCUT2D eigenvalue weighted by molar-refractivity contribution is 5.23. The van der Waals surface area contributed by atoms with E-state index in [2.05, 4.69) is 4.98 Å². The predicted octanol–water partition coefficient (Wildman–Crippen LogP) is 3.44. The lowest BCUT2D eigenvalue weighted by molar-refractivity contribution is 0.0524. The Kier molecular flexibility index (Phi) is 3.29. The number of nitrogens with zero attached hydrogens (tertiary/aromatic N) is 1. The number of nitrogens with two attached hydrogens (primary N) is 1. The predicted molar refractivity (Wildman–Crippen MR) is 70.3 cm³/mol. The van der Waals surface area contributed by atoms with Crippen molar-refractivity contribution in [1.82, 2.24) is 4.98 Å². The van der Waals surface area contributed by atoms with E-state index in [4.69, 9.17) is 5.73 Å². The highest BCUT2D eigenvalue weighted by atomic mass is 19.3. The first-order valence-electron chi connectivity index (χ1n) is 7.09. The molecule has 1 aromatic heterocycles. The summed E-state index contributed by atoms with van der Waals surface area (Å²) in [6.45, 7) is 0.416. The highest BCUT2D eigenvalue weighted by Gasteiger charge is 2.51. The normalized spacial score (nSPS) is 22.5. The Hall–Kier alpha value is -1.03. The molecule has 2 N–H and O–H groups in total. The van der Waals surface area contributed by atoms with Gasteiger partial charge in [-0.1, -0.05) is 6.07 Å². The fourth-order valence-electron chi connectivity index (χ4n) is 2.78. The molecule has 3 rings (SSSR count). The molecule has 4 heteroatoms. The van der Waals surface area contributed by atoms with Gasteiger partial charge in [-0.2, -0.15) is 0 Å². The molecule has 0 aromatic carbocycles. The summed E-state index contributed by atoms with van der Waals surface area (Å²) in [6.07, 6.45) is 3.82. The average Bonchev–Trinajstić information content (AvgIpc) is 3.29. The first kappa shape index (κ1) is 13.0. The number of aromatic nitrogens is 1. The summed E-state index contributed by atoms with van der Waals surface area (Å²) < 4.78 is 26.0. The van der Waals surface area contributed by atoms with Gasteiger partial charge in [0.05, 0.1) is 0 Å². The van der Waals surface area contributed by atoms with Gasteiger partial charge in [0.15, 0.2) is 0 Å². The molecule has 19 heavy (non-hydrogen) atoms. The SMILES string of the molecule is NCC(CC1(C(F)F)CC1)c1ccc(C2CC2)nc1. The zero-order valence-electron chi connectivity index (χ0n) is 11.0. The molecular formula is C15H20F2N2. The van der Waals surface area contributed by atoms with Crippen LogP contribution >= 0.6 is 0 Å². The summed E-state index contributed by atoms with van der Waals surface area (Å²) in [5, 5.41) is 0. The number of hydrogen-bond acceptors (Lipinski definition) is 2. The van der Waals surface area contributed by atoms with Gasteiger partial charge in [-0.15, -0.1) is 0 Å². The molecule has 0 saturated heterocycles. The molecule has 1 atom stereocenters. The van der Waals surface area contributed by atoms with Crippen molar-refractivity contribution in [2.24, 2.45) is 11.1 Å². The Labute approximate surface area is 112 Å². The molecule has 2 aliphatic carbocycles. The van der Waals surface area contributed by atoms with E-state index in [-0.39, 0.29) is 5.92 Å². The van der Waals surface area contributed by atoms with Gasteiger partial charge in [-0.05, 0) is 56.2 Å². The van der Waals surface area contributed by atoms with Crippen molar-refractivity contribution in [3.05, 3.63) is 29.6 Å². The smallest absolute Gasteiger partial charge is 0.244 e. The van der Waals surface area contributed by atoms with Crippen LogP contribution in [0.25, 0.3) is 0 Å². The van der Waals surface area contributed by atoms with E-state index < -0.39 is 11.8 Å². The topological polar surface area (TPSA) is 38.9 Å². The Morgan fingerprint density at radius 1 is 1.32 bits per heavy atom. The monoisotopic (exact) mass is 266 g/mol. The lowest BCUT2D eigenvalue weighted by atomic mass is 9.87. The standard InChI is InChI=1S/C15H20F2N2/c16-14(17)15(5-6-15)7-12(8-18)11-3-4-13(19-9-11)10-1-2-10/h3-4,9-10,12,14H,1-2,5-8,18H2. The fraction of sp³-hybridized carbons (Fsp3) is 0.667. The van der Waals surface area contributed by atoms with Gasteiger partial charge in [0, 0.05) is 23.2 Å². The molecule has 0 bridgehead atoms. The summed E-state index contributed by atoms with van der Waals surface area (Å²) in [7, 11) is 0. The van der Waals surface area contributed by atoms with E-state index in [0.29, 0.717) is 31.7 Å². The molecule has 0 aliphatic heterocycles. The van der Waals surface area contributed by atoms with Gasteiger partial charge in [-0.25, -0.2) is 8.78 Å². The molecule has 2 aliphatic rings. The second-order valence-corrected chi connectivity index (χ2v) is 6.09. The molecule has 2 nitrogen and oxygen atoms in total. The van der Waals surface area contributed by atoms with Crippen molar-refractivity contribution in [2.75, 3.05) is 6.54 Å². The molecule has 1 aromatic rings. The minimum atomic E-state index is -2.22. The molecule has 1 unspecified atom stereocenters. The largest absolute Gasteiger partial charge is 0.330 e. The molecule has 1 heterocycles. The van der Waals surface area contributed by atoms with E-state index in [1.54, 1.807) is 0 Å². The quantitative estimate of drug-likeness (QED) is 0.856. The third-order valence-electron chi connectivity index (χ3n) is 4.57. The molecule has 0 spiro atoms. The summed E-state index contributed by atoms with van der Waals surface area (Å²) in [5.41, 5.74) is 7.16. The van der Waals surface area contributed by atoms with Crippen LogP contribution in [-0.2, 0) is 0 Å². The zero-order chi connectivity index (χ0) is 13.5. The van der Waals surface area contributed by atoms with Crippen LogP contribution in [0.15, 0.2) is 18.3 Å². The van der Waals surface area contributed by atoms with Gasteiger partial charge < -0.3 is 5.73 Å². The minimum Gasteiger partial charge on any atom is -0.330 e. The average molecular weight is 266 g/mol. The Morgan fingerprint density at radius 2 is 2.05 bits per heavy atom. The number of alkyl halides is 2. The van der Waals surface area contributed by atoms with E-state index in [9.17, 15) is 8.78 Å². The van der Waals surface area contributed by atoms with Crippen LogP contribution in [0.5, 0.6) is 0 Å². The van der Waals surface area contributed by atoms with E-state index >= 15 is 0 Å². The molecular weight excluding hydrogens is 246 g/mol. The number of halogens is 2. The van der Waals surface area contributed by atoms with Gasteiger partial charge >= 0.3 is 0 Å². The highest BCUT2D eigenvalue weighted by Crippen LogP contribution is 2.56. The summed E-state index contributed by atoms with van der Waals surface area (Å²) in [6, 6.07) is 4.07. The summed E-state index contributed by atoms with van der Waals surface area (Å²) in [4.78, 5) is 4.46. The Balaban J connectivity index is 1.70. The van der Waals surface area contributed by atoms with Crippen LogP contribution < -0.4 is 5.73 Å². The van der Waals surface area contributed by atoms with Gasteiger partial charge in [0.2, 0.25) is 6.43 Å². The van der Waals surface area contributed by atoms with Gasteiger partial charge in [0.25, 0.3) is 0 Å². The van der Waals surface area contributed by atoms with Crippen molar-refractivity contribution >= 4 is 0 Å². The van der Waals surface area contributed by atoms with E-state index in [1.807, 2.05) is 18.3 Å². The van der Waals surface area contributed by atoms with E-state index in [0.717, 1.165) is 11.3 Å². The van der Waals surface area contributed by atoms with Gasteiger partial charge in [-0.3, -0.25) is 4.98 Å². The molecule has 104 valence electrons. The fourth-order valence-corrected chi connectivity index (χ4v) is 2.78. The third kappa shape index (κ3) is 2.64. The zero-order valence-corrected chi connectivity index (χ0v) is 11.0. The lowest BCUT2D eigenvalue weighted by Crippen LogP contribution is -2.21. The first-order valence-corrected chi connectivity index (χ1v) is 7.09. The summed E-state index contributed by atoms with van der Waals surface area (Å²) >= 11 is 0. The van der Waals surface area contributed by atoms with Crippen LogP contribution in [-0.4, -0.2) is 18.0 Å². The van der Waals surface area contributed by atoms with Crippen LogP contribution in [0.1, 0.15) is 55.2 Å². The molecule has 2 saturated carbocycles. The maximum Gasteiger partial charge on any atom is 0.244 e. The Morgan fingerprint density at radius 3 is 2.47 bits per heavy atom. The maximum absolute atomic E-state index is 13.0.